The molecule has 0 spiro atoms. The van der Waals surface area contributed by atoms with Crippen LogP contribution < -0.4 is 5.32 Å². The lowest BCUT2D eigenvalue weighted by Crippen LogP contribution is -2.51. The fraction of sp³-hybridized carbons (Fsp3) is 0.643. The summed E-state index contributed by atoms with van der Waals surface area (Å²) in [5.74, 6) is 0.229. The molecule has 1 amide bonds. The maximum absolute atomic E-state index is 12.2. The SMILES string of the molecule is CN(CCc1ccc[nH]1)C(=O)CC1CNCCN1C. The second kappa shape index (κ2) is 6.73. The van der Waals surface area contributed by atoms with Crippen molar-refractivity contribution in [1.82, 2.24) is 20.1 Å². The van der Waals surface area contributed by atoms with Crippen molar-refractivity contribution < 1.29 is 4.79 Å². The Morgan fingerprint density at radius 3 is 3.11 bits per heavy atom. The van der Waals surface area contributed by atoms with E-state index in [1.165, 1.54) is 5.69 Å². The molecule has 1 aliphatic rings. The lowest BCUT2D eigenvalue weighted by atomic mass is 10.1. The molecule has 2 heterocycles. The van der Waals surface area contributed by atoms with Gasteiger partial charge in [0.05, 0.1) is 0 Å². The minimum atomic E-state index is 0.229. The summed E-state index contributed by atoms with van der Waals surface area (Å²) in [5, 5.41) is 3.35. The van der Waals surface area contributed by atoms with E-state index in [9.17, 15) is 4.79 Å². The molecule has 0 aromatic carbocycles. The number of nitrogens with zero attached hydrogens (tertiary/aromatic N) is 2. The van der Waals surface area contributed by atoms with Gasteiger partial charge < -0.3 is 20.1 Å². The summed E-state index contributed by atoms with van der Waals surface area (Å²) < 4.78 is 0. The zero-order valence-corrected chi connectivity index (χ0v) is 11.9. The molecule has 5 heteroatoms. The van der Waals surface area contributed by atoms with E-state index in [0.717, 1.165) is 32.6 Å². The molecule has 1 unspecified atom stereocenters. The molecule has 0 aliphatic carbocycles. The van der Waals surface area contributed by atoms with E-state index in [2.05, 4.69) is 28.3 Å². The van der Waals surface area contributed by atoms with Gasteiger partial charge in [-0.1, -0.05) is 0 Å². The highest BCUT2D eigenvalue weighted by Gasteiger charge is 2.22. The molecule has 106 valence electrons. The molecule has 1 aromatic rings. The third-order valence-corrected chi connectivity index (χ3v) is 3.86. The molecule has 0 bridgehead atoms. The summed E-state index contributed by atoms with van der Waals surface area (Å²) in [7, 11) is 3.99. The van der Waals surface area contributed by atoms with Crippen LogP contribution in [0.3, 0.4) is 0 Å². The number of aromatic nitrogens is 1. The van der Waals surface area contributed by atoms with Crippen molar-refractivity contribution in [2.45, 2.75) is 18.9 Å². The minimum absolute atomic E-state index is 0.229. The number of piperazine rings is 1. The van der Waals surface area contributed by atoms with Gasteiger partial charge in [0.2, 0.25) is 5.91 Å². The van der Waals surface area contributed by atoms with Gasteiger partial charge in [0, 0.05) is 64.0 Å². The van der Waals surface area contributed by atoms with Gasteiger partial charge in [-0.05, 0) is 19.2 Å². The maximum atomic E-state index is 12.2. The largest absolute Gasteiger partial charge is 0.365 e. The van der Waals surface area contributed by atoms with Gasteiger partial charge in [-0.2, -0.15) is 0 Å². The third kappa shape index (κ3) is 4.08. The molecule has 0 saturated carbocycles. The molecule has 1 atom stereocenters. The van der Waals surface area contributed by atoms with Gasteiger partial charge in [0.25, 0.3) is 0 Å². The predicted molar refractivity (Wildman–Crippen MR) is 76.0 cm³/mol. The molecule has 1 saturated heterocycles. The fourth-order valence-electron chi connectivity index (χ4n) is 2.38. The van der Waals surface area contributed by atoms with Crippen molar-refractivity contribution in [3.63, 3.8) is 0 Å². The first-order chi connectivity index (χ1) is 9.16. The molecular weight excluding hydrogens is 240 g/mol. The Kier molecular flexibility index (Phi) is 4.99. The lowest BCUT2D eigenvalue weighted by Gasteiger charge is -2.33. The summed E-state index contributed by atoms with van der Waals surface area (Å²) in [4.78, 5) is 19.4. The maximum Gasteiger partial charge on any atom is 0.223 e. The van der Waals surface area contributed by atoms with Gasteiger partial charge in [0.1, 0.15) is 0 Å². The van der Waals surface area contributed by atoms with Crippen molar-refractivity contribution >= 4 is 5.91 Å². The molecule has 2 N–H and O–H groups in total. The number of hydrogen-bond donors (Lipinski definition) is 2. The van der Waals surface area contributed by atoms with Crippen LogP contribution in [-0.4, -0.2) is 67.0 Å². The Morgan fingerprint density at radius 1 is 1.58 bits per heavy atom. The molecule has 19 heavy (non-hydrogen) atoms. The van der Waals surface area contributed by atoms with Crippen molar-refractivity contribution in [2.24, 2.45) is 0 Å². The predicted octanol–water partition coefficient (Wildman–Crippen LogP) is 0.309. The van der Waals surface area contributed by atoms with Crippen LogP contribution in [0.2, 0.25) is 0 Å². The van der Waals surface area contributed by atoms with Crippen molar-refractivity contribution in [1.29, 1.82) is 0 Å². The van der Waals surface area contributed by atoms with Gasteiger partial charge >= 0.3 is 0 Å². The zero-order chi connectivity index (χ0) is 13.7. The smallest absolute Gasteiger partial charge is 0.223 e. The first-order valence-electron chi connectivity index (χ1n) is 6.94. The number of aromatic amines is 1. The van der Waals surface area contributed by atoms with E-state index in [-0.39, 0.29) is 5.91 Å². The van der Waals surface area contributed by atoms with Gasteiger partial charge in [-0.25, -0.2) is 0 Å². The Balaban J connectivity index is 1.75. The van der Waals surface area contributed by atoms with E-state index in [1.54, 1.807) is 0 Å². The van der Waals surface area contributed by atoms with Crippen LogP contribution in [0.4, 0.5) is 0 Å². The van der Waals surface area contributed by atoms with Gasteiger partial charge in [-0.3, -0.25) is 4.79 Å². The normalized spacial score (nSPS) is 20.4. The van der Waals surface area contributed by atoms with Gasteiger partial charge in [0.15, 0.2) is 0 Å². The van der Waals surface area contributed by atoms with Crippen LogP contribution in [0.15, 0.2) is 18.3 Å². The minimum Gasteiger partial charge on any atom is -0.365 e. The molecular formula is C14H24N4O. The van der Waals surface area contributed by atoms with Crippen molar-refractivity contribution in [3.8, 4) is 0 Å². The van der Waals surface area contributed by atoms with Crippen molar-refractivity contribution in [3.05, 3.63) is 24.0 Å². The number of likely N-dealkylation sites (N-methyl/N-ethyl adjacent to an activating group) is 2. The standard InChI is InChI=1S/C14H24N4O/c1-17-9-7-15-11-13(17)10-14(19)18(2)8-5-12-4-3-6-16-12/h3-4,6,13,15-16H,5,7-11H2,1-2H3. The molecule has 5 nitrogen and oxygen atoms in total. The first-order valence-corrected chi connectivity index (χ1v) is 6.94. The summed E-state index contributed by atoms with van der Waals surface area (Å²) in [6.07, 6.45) is 3.40. The van der Waals surface area contributed by atoms with Crippen LogP contribution in [0.25, 0.3) is 0 Å². The number of carbonyl (C=O) groups is 1. The monoisotopic (exact) mass is 264 g/mol. The van der Waals surface area contributed by atoms with Crippen LogP contribution in [0.5, 0.6) is 0 Å². The molecule has 0 radical (unpaired) electrons. The van der Waals surface area contributed by atoms with E-state index in [4.69, 9.17) is 0 Å². The first kappa shape index (κ1) is 14.1. The Morgan fingerprint density at radius 2 is 2.42 bits per heavy atom. The molecule has 1 fully saturated rings. The summed E-state index contributed by atoms with van der Waals surface area (Å²) in [6.45, 7) is 3.71. The average molecular weight is 264 g/mol. The van der Waals surface area contributed by atoms with E-state index in [0.29, 0.717) is 12.5 Å². The number of nitrogens with one attached hydrogen (secondary N) is 2. The van der Waals surface area contributed by atoms with E-state index in [1.807, 2.05) is 24.2 Å². The Hall–Kier alpha value is -1.33. The second-order valence-electron chi connectivity index (χ2n) is 5.30. The lowest BCUT2D eigenvalue weighted by molar-refractivity contribution is -0.131. The number of rotatable bonds is 5. The zero-order valence-electron chi connectivity index (χ0n) is 11.9. The second-order valence-corrected chi connectivity index (χ2v) is 5.30. The quantitative estimate of drug-likeness (QED) is 0.805. The molecule has 1 aliphatic heterocycles. The Labute approximate surface area is 115 Å². The van der Waals surface area contributed by atoms with Gasteiger partial charge in [-0.15, -0.1) is 0 Å². The number of H-pyrrole nitrogens is 1. The Bertz CT molecular complexity index is 390. The summed E-state index contributed by atoms with van der Waals surface area (Å²) in [6, 6.07) is 4.37. The van der Waals surface area contributed by atoms with Crippen LogP contribution in [0.1, 0.15) is 12.1 Å². The van der Waals surface area contributed by atoms with Crippen LogP contribution in [-0.2, 0) is 11.2 Å². The molecule has 2 rings (SSSR count). The van der Waals surface area contributed by atoms with Crippen LogP contribution >= 0.6 is 0 Å². The van der Waals surface area contributed by atoms with Crippen molar-refractivity contribution in [2.75, 3.05) is 40.3 Å². The highest BCUT2D eigenvalue weighted by molar-refractivity contribution is 5.76. The highest BCUT2D eigenvalue weighted by atomic mass is 16.2. The highest BCUT2D eigenvalue weighted by Crippen LogP contribution is 2.07. The van der Waals surface area contributed by atoms with E-state index >= 15 is 0 Å². The van der Waals surface area contributed by atoms with Crippen LogP contribution in [0, 0.1) is 0 Å². The van der Waals surface area contributed by atoms with E-state index < -0.39 is 0 Å². The topological polar surface area (TPSA) is 51.4 Å². The summed E-state index contributed by atoms with van der Waals surface area (Å²) in [5.41, 5.74) is 1.18. The number of amides is 1. The molecule has 1 aromatic heterocycles. The average Bonchev–Trinajstić information content (AvgIpc) is 2.91. The third-order valence-electron chi connectivity index (χ3n) is 3.86. The number of hydrogen-bond acceptors (Lipinski definition) is 3. The number of carbonyl (C=O) groups excluding carboxylic acids is 1. The summed E-state index contributed by atoms with van der Waals surface area (Å²) >= 11 is 0. The fourth-order valence-corrected chi connectivity index (χ4v) is 2.38.